The van der Waals surface area contributed by atoms with E-state index in [4.69, 9.17) is 11.6 Å². The average molecular weight is 311 g/mol. The second-order valence-corrected chi connectivity index (χ2v) is 5.28. The number of para-hydroxylation sites is 1. The fourth-order valence-corrected chi connectivity index (χ4v) is 2.15. The van der Waals surface area contributed by atoms with E-state index in [1.165, 1.54) is 0 Å². The van der Waals surface area contributed by atoms with Crippen LogP contribution in [0.4, 0.5) is 23.1 Å². The first kappa shape index (κ1) is 14.4. The maximum absolute atomic E-state index is 5.89. The molecule has 0 aliphatic rings. The van der Waals surface area contributed by atoms with E-state index in [-0.39, 0.29) is 0 Å². The van der Waals surface area contributed by atoms with Crippen molar-refractivity contribution >= 4 is 34.7 Å². The molecule has 0 fully saturated rings. The number of hydrogen-bond acceptors (Lipinski definition) is 4. The molecule has 1 heterocycles. The van der Waals surface area contributed by atoms with Gasteiger partial charge in [-0.05, 0) is 43.3 Å². The third-order valence-corrected chi connectivity index (χ3v) is 3.25. The van der Waals surface area contributed by atoms with Crippen LogP contribution in [0, 0.1) is 6.92 Å². The largest absolute Gasteiger partial charge is 0.340 e. The standard InChI is InChI=1S/C17H15ClN4/c1-12-11-16(20-14-5-3-2-4-6-14)22-17(19-12)21-15-9-7-13(18)8-10-15/h2-11H,1H3,(H2,19,20,21,22). The molecule has 1 aromatic heterocycles. The highest BCUT2D eigenvalue weighted by molar-refractivity contribution is 6.30. The number of aromatic nitrogens is 2. The Morgan fingerprint density at radius 1 is 0.818 bits per heavy atom. The van der Waals surface area contributed by atoms with Crippen LogP contribution in [0.5, 0.6) is 0 Å². The van der Waals surface area contributed by atoms with Gasteiger partial charge in [-0.3, -0.25) is 0 Å². The van der Waals surface area contributed by atoms with E-state index in [2.05, 4.69) is 20.6 Å². The quantitative estimate of drug-likeness (QED) is 0.717. The molecular weight excluding hydrogens is 296 g/mol. The van der Waals surface area contributed by atoms with E-state index < -0.39 is 0 Å². The molecule has 5 heteroatoms. The Morgan fingerprint density at radius 3 is 2.23 bits per heavy atom. The molecule has 0 aliphatic heterocycles. The first-order chi connectivity index (χ1) is 10.7. The normalized spacial score (nSPS) is 10.3. The third-order valence-electron chi connectivity index (χ3n) is 3.00. The highest BCUT2D eigenvalue weighted by atomic mass is 35.5. The molecule has 3 aromatic rings. The minimum atomic E-state index is 0.542. The Morgan fingerprint density at radius 2 is 1.50 bits per heavy atom. The molecule has 3 rings (SSSR count). The number of anilines is 4. The Balaban J connectivity index is 1.82. The second-order valence-electron chi connectivity index (χ2n) is 4.84. The van der Waals surface area contributed by atoms with Crippen molar-refractivity contribution in [1.82, 2.24) is 9.97 Å². The predicted octanol–water partition coefficient (Wildman–Crippen LogP) is 4.93. The molecule has 0 bridgehead atoms. The van der Waals surface area contributed by atoms with E-state index >= 15 is 0 Å². The fraction of sp³-hybridized carbons (Fsp3) is 0.0588. The fourth-order valence-electron chi connectivity index (χ4n) is 2.02. The zero-order valence-electron chi connectivity index (χ0n) is 12.0. The number of nitrogens with one attached hydrogen (secondary N) is 2. The molecule has 0 aliphatic carbocycles. The number of aryl methyl sites for hydroxylation is 1. The Hall–Kier alpha value is -2.59. The van der Waals surface area contributed by atoms with Crippen LogP contribution in [0.1, 0.15) is 5.69 Å². The summed E-state index contributed by atoms with van der Waals surface area (Å²) < 4.78 is 0. The minimum absolute atomic E-state index is 0.542. The molecule has 0 atom stereocenters. The average Bonchev–Trinajstić information content (AvgIpc) is 2.50. The van der Waals surface area contributed by atoms with Gasteiger partial charge in [0.05, 0.1) is 0 Å². The Labute approximate surface area is 134 Å². The highest BCUT2D eigenvalue weighted by Gasteiger charge is 2.03. The SMILES string of the molecule is Cc1cc(Nc2ccccc2)nc(Nc2ccc(Cl)cc2)n1. The topological polar surface area (TPSA) is 49.8 Å². The first-order valence-electron chi connectivity index (χ1n) is 6.89. The summed E-state index contributed by atoms with van der Waals surface area (Å²) in [5.41, 5.74) is 2.75. The maximum atomic E-state index is 5.89. The van der Waals surface area contributed by atoms with E-state index in [0.717, 1.165) is 22.9 Å². The predicted molar refractivity (Wildman–Crippen MR) is 91.2 cm³/mol. The molecule has 0 unspecified atom stereocenters. The van der Waals surface area contributed by atoms with Crippen molar-refractivity contribution in [1.29, 1.82) is 0 Å². The Bertz CT molecular complexity index is 757. The van der Waals surface area contributed by atoms with Gasteiger partial charge in [0.2, 0.25) is 5.95 Å². The van der Waals surface area contributed by atoms with Crippen molar-refractivity contribution in [2.24, 2.45) is 0 Å². The van der Waals surface area contributed by atoms with Crippen LogP contribution in [0.25, 0.3) is 0 Å². The highest BCUT2D eigenvalue weighted by Crippen LogP contribution is 2.20. The summed E-state index contributed by atoms with van der Waals surface area (Å²) in [7, 11) is 0. The van der Waals surface area contributed by atoms with Gasteiger partial charge in [-0.25, -0.2) is 4.98 Å². The summed E-state index contributed by atoms with van der Waals surface area (Å²) in [4.78, 5) is 8.88. The van der Waals surface area contributed by atoms with Crippen molar-refractivity contribution in [2.75, 3.05) is 10.6 Å². The zero-order valence-corrected chi connectivity index (χ0v) is 12.8. The van der Waals surface area contributed by atoms with Crippen molar-refractivity contribution in [3.8, 4) is 0 Å². The molecule has 0 saturated heterocycles. The lowest BCUT2D eigenvalue weighted by atomic mass is 10.3. The third kappa shape index (κ3) is 3.74. The van der Waals surface area contributed by atoms with E-state index in [1.807, 2.05) is 67.6 Å². The minimum Gasteiger partial charge on any atom is -0.340 e. The molecule has 2 aromatic carbocycles. The van der Waals surface area contributed by atoms with Gasteiger partial charge < -0.3 is 10.6 Å². The number of halogens is 1. The van der Waals surface area contributed by atoms with Gasteiger partial charge in [0.25, 0.3) is 0 Å². The van der Waals surface area contributed by atoms with Crippen LogP contribution in [-0.2, 0) is 0 Å². The van der Waals surface area contributed by atoms with Crippen LogP contribution in [0.3, 0.4) is 0 Å². The summed E-state index contributed by atoms with van der Waals surface area (Å²) in [6.07, 6.45) is 0. The lowest BCUT2D eigenvalue weighted by Gasteiger charge is -2.10. The van der Waals surface area contributed by atoms with Gasteiger partial charge in [0, 0.05) is 28.2 Å². The number of hydrogen-bond donors (Lipinski definition) is 2. The summed E-state index contributed by atoms with van der Waals surface area (Å²) in [5.74, 6) is 1.29. The van der Waals surface area contributed by atoms with Crippen molar-refractivity contribution in [3.05, 3.63) is 71.4 Å². The summed E-state index contributed by atoms with van der Waals surface area (Å²) in [6, 6.07) is 19.2. The first-order valence-corrected chi connectivity index (χ1v) is 7.27. The maximum Gasteiger partial charge on any atom is 0.229 e. The lowest BCUT2D eigenvalue weighted by molar-refractivity contribution is 1.11. The van der Waals surface area contributed by atoms with E-state index in [0.29, 0.717) is 11.0 Å². The monoisotopic (exact) mass is 310 g/mol. The molecular formula is C17H15ClN4. The molecule has 0 saturated carbocycles. The van der Waals surface area contributed by atoms with Crippen LogP contribution in [0.2, 0.25) is 5.02 Å². The summed E-state index contributed by atoms with van der Waals surface area (Å²) in [6.45, 7) is 1.94. The summed E-state index contributed by atoms with van der Waals surface area (Å²) in [5, 5.41) is 7.14. The molecule has 22 heavy (non-hydrogen) atoms. The van der Waals surface area contributed by atoms with Crippen molar-refractivity contribution in [3.63, 3.8) is 0 Å². The number of nitrogens with zero attached hydrogens (tertiary/aromatic N) is 2. The zero-order chi connectivity index (χ0) is 15.4. The molecule has 0 spiro atoms. The number of rotatable bonds is 4. The second kappa shape index (κ2) is 6.45. The molecule has 110 valence electrons. The van der Waals surface area contributed by atoms with Gasteiger partial charge in [-0.15, -0.1) is 0 Å². The Kier molecular flexibility index (Phi) is 4.21. The molecule has 0 radical (unpaired) electrons. The van der Waals surface area contributed by atoms with Crippen molar-refractivity contribution < 1.29 is 0 Å². The van der Waals surface area contributed by atoms with Gasteiger partial charge in [-0.2, -0.15) is 4.98 Å². The van der Waals surface area contributed by atoms with Crippen molar-refractivity contribution in [2.45, 2.75) is 6.92 Å². The number of benzene rings is 2. The van der Waals surface area contributed by atoms with Crippen LogP contribution < -0.4 is 10.6 Å². The van der Waals surface area contributed by atoms with Crippen LogP contribution >= 0.6 is 11.6 Å². The van der Waals surface area contributed by atoms with Crippen LogP contribution in [0.15, 0.2) is 60.7 Å². The van der Waals surface area contributed by atoms with E-state index in [1.54, 1.807) is 0 Å². The lowest BCUT2D eigenvalue weighted by Crippen LogP contribution is -2.02. The van der Waals surface area contributed by atoms with E-state index in [9.17, 15) is 0 Å². The summed E-state index contributed by atoms with van der Waals surface area (Å²) >= 11 is 5.89. The van der Waals surface area contributed by atoms with Crippen LogP contribution in [-0.4, -0.2) is 9.97 Å². The smallest absolute Gasteiger partial charge is 0.229 e. The van der Waals surface area contributed by atoms with Gasteiger partial charge >= 0.3 is 0 Å². The molecule has 0 amide bonds. The molecule has 2 N–H and O–H groups in total. The van der Waals surface area contributed by atoms with Gasteiger partial charge in [0.15, 0.2) is 0 Å². The van der Waals surface area contributed by atoms with Gasteiger partial charge in [-0.1, -0.05) is 29.8 Å². The molecule has 4 nitrogen and oxygen atoms in total. The van der Waals surface area contributed by atoms with Gasteiger partial charge in [0.1, 0.15) is 5.82 Å².